The molecule has 2 rings (SSSR count). The van der Waals surface area contributed by atoms with Crippen LogP contribution in [0.5, 0.6) is 0 Å². The normalized spacial score (nSPS) is 12.4. The largest absolute Gasteiger partial charge is 0.467 e. The van der Waals surface area contributed by atoms with Crippen LogP contribution in [0.25, 0.3) is 0 Å². The number of rotatable bonds is 5. The summed E-state index contributed by atoms with van der Waals surface area (Å²) in [4.78, 5) is 13.4. The summed E-state index contributed by atoms with van der Waals surface area (Å²) in [7, 11) is 3.45. The number of nitrogens with zero attached hydrogens (tertiary/aromatic N) is 5. The third kappa shape index (κ3) is 3.34. The summed E-state index contributed by atoms with van der Waals surface area (Å²) in [5, 5.41) is 11.8. The molecule has 2 aromatic heterocycles. The lowest BCUT2D eigenvalue weighted by Gasteiger charge is -2.15. The maximum absolute atomic E-state index is 11.8. The van der Waals surface area contributed by atoms with E-state index in [2.05, 4.69) is 15.5 Å². The van der Waals surface area contributed by atoms with Crippen molar-refractivity contribution < 1.29 is 9.21 Å². The number of thioether (sulfide) groups is 1. The quantitative estimate of drug-likeness (QED) is 0.757. The highest BCUT2D eigenvalue weighted by molar-refractivity contribution is 8.00. The van der Waals surface area contributed by atoms with Gasteiger partial charge in [-0.05, 0) is 29.5 Å². The van der Waals surface area contributed by atoms with E-state index in [1.54, 1.807) is 29.9 Å². The van der Waals surface area contributed by atoms with Crippen LogP contribution in [-0.2, 0) is 11.3 Å². The molecule has 0 aliphatic carbocycles. The van der Waals surface area contributed by atoms with Crippen LogP contribution in [0.1, 0.15) is 12.7 Å². The summed E-state index contributed by atoms with van der Waals surface area (Å²) >= 11 is 1.33. The van der Waals surface area contributed by atoms with E-state index >= 15 is 0 Å². The predicted molar refractivity (Wildman–Crippen MR) is 69.6 cm³/mol. The fourth-order valence-electron chi connectivity index (χ4n) is 1.50. The third-order valence-electron chi connectivity index (χ3n) is 2.46. The molecule has 0 radical (unpaired) electrons. The maximum Gasteiger partial charge on any atom is 0.235 e. The number of hydrogen-bond donors (Lipinski definition) is 0. The zero-order chi connectivity index (χ0) is 13.8. The van der Waals surface area contributed by atoms with Gasteiger partial charge < -0.3 is 9.32 Å². The van der Waals surface area contributed by atoms with Crippen LogP contribution in [0.4, 0.5) is 0 Å². The Balaban J connectivity index is 2.05. The van der Waals surface area contributed by atoms with Gasteiger partial charge in [-0.1, -0.05) is 11.8 Å². The van der Waals surface area contributed by atoms with E-state index in [1.165, 1.54) is 11.8 Å². The van der Waals surface area contributed by atoms with E-state index in [0.29, 0.717) is 11.7 Å². The van der Waals surface area contributed by atoms with Gasteiger partial charge in [-0.25, -0.2) is 4.68 Å². The first-order chi connectivity index (χ1) is 9.08. The van der Waals surface area contributed by atoms with Gasteiger partial charge in [0.15, 0.2) is 0 Å². The Morgan fingerprint density at radius 3 is 3.00 bits per heavy atom. The van der Waals surface area contributed by atoms with Crippen molar-refractivity contribution in [1.82, 2.24) is 25.1 Å². The summed E-state index contributed by atoms with van der Waals surface area (Å²) < 4.78 is 6.87. The number of carbonyl (C=O) groups is 1. The zero-order valence-electron chi connectivity index (χ0n) is 11.0. The first kappa shape index (κ1) is 13.6. The summed E-state index contributed by atoms with van der Waals surface area (Å²) in [6.07, 6.45) is 1.60. The molecule has 0 saturated heterocycles. The Hall–Kier alpha value is -1.83. The average molecular weight is 281 g/mol. The number of carbonyl (C=O) groups excluding carboxylic acids is 1. The highest BCUT2D eigenvalue weighted by Gasteiger charge is 2.20. The molecule has 0 aliphatic rings. The second kappa shape index (κ2) is 5.87. The van der Waals surface area contributed by atoms with Crippen molar-refractivity contribution in [2.45, 2.75) is 23.9 Å². The molecule has 1 unspecified atom stereocenters. The SMILES string of the molecule is CC(Sc1nnnn1Cc1ccco1)C(=O)N(C)C. The van der Waals surface area contributed by atoms with Crippen molar-refractivity contribution in [3.63, 3.8) is 0 Å². The van der Waals surface area contributed by atoms with Crippen molar-refractivity contribution in [3.8, 4) is 0 Å². The van der Waals surface area contributed by atoms with Crippen molar-refractivity contribution in [2.75, 3.05) is 14.1 Å². The van der Waals surface area contributed by atoms with Gasteiger partial charge in [-0.3, -0.25) is 4.79 Å². The average Bonchev–Trinajstić information content (AvgIpc) is 3.01. The fraction of sp³-hybridized carbons (Fsp3) is 0.455. The fourth-order valence-corrected chi connectivity index (χ4v) is 2.44. The summed E-state index contributed by atoms with van der Waals surface area (Å²) in [5.41, 5.74) is 0. The first-order valence-electron chi connectivity index (χ1n) is 5.74. The molecule has 0 fully saturated rings. The summed E-state index contributed by atoms with van der Waals surface area (Å²) in [5.74, 6) is 0.790. The molecule has 7 nitrogen and oxygen atoms in total. The van der Waals surface area contributed by atoms with Crippen molar-refractivity contribution in [1.29, 1.82) is 0 Å². The van der Waals surface area contributed by atoms with E-state index in [9.17, 15) is 4.79 Å². The van der Waals surface area contributed by atoms with E-state index in [4.69, 9.17) is 4.42 Å². The van der Waals surface area contributed by atoms with Crippen LogP contribution < -0.4 is 0 Å². The van der Waals surface area contributed by atoms with Gasteiger partial charge in [0.2, 0.25) is 11.1 Å². The number of hydrogen-bond acceptors (Lipinski definition) is 6. The lowest BCUT2D eigenvalue weighted by Crippen LogP contribution is -2.29. The predicted octanol–water partition coefficient (Wildman–Crippen LogP) is 0.883. The molecule has 0 aromatic carbocycles. The molecule has 8 heteroatoms. The Bertz CT molecular complexity index is 537. The van der Waals surface area contributed by atoms with Crippen LogP contribution in [0.3, 0.4) is 0 Å². The molecule has 2 heterocycles. The van der Waals surface area contributed by atoms with E-state index < -0.39 is 0 Å². The molecule has 1 amide bonds. The monoisotopic (exact) mass is 281 g/mol. The molecular formula is C11H15N5O2S. The lowest BCUT2D eigenvalue weighted by molar-refractivity contribution is -0.127. The molecule has 19 heavy (non-hydrogen) atoms. The topological polar surface area (TPSA) is 77.0 Å². The lowest BCUT2D eigenvalue weighted by atomic mass is 10.4. The number of furan rings is 1. The minimum atomic E-state index is -0.239. The molecule has 0 aliphatic heterocycles. The highest BCUT2D eigenvalue weighted by atomic mass is 32.2. The van der Waals surface area contributed by atoms with Gasteiger partial charge in [-0.15, -0.1) is 5.10 Å². The van der Waals surface area contributed by atoms with E-state index in [-0.39, 0.29) is 11.2 Å². The first-order valence-corrected chi connectivity index (χ1v) is 6.62. The maximum atomic E-state index is 11.8. The van der Waals surface area contributed by atoms with Gasteiger partial charge >= 0.3 is 0 Å². The van der Waals surface area contributed by atoms with Crippen LogP contribution >= 0.6 is 11.8 Å². The molecule has 0 N–H and O–H groups in total. The van der Waals surface area contributed by atoms with Gasteiger partial charge in [0, 0.05) is 14.1 Å². The third-order valence-corrected chi connectivity index (χ3v) is 3.51. The van der Waals surface area contributed by atoms with Gasteiger partial charge in [0.1, 0.15) is 12.3 Å². The molecule has 0 bridgehead atoms. The molecule has 2 aromatic rings. The van der Waals surface area contributed by atoms with Crippen LogP contribution in [0.15, 0.2) is 28.0 Å². The Morgan fingerprint density at radius 1 is 1.58 bits per heavy atom. The van der Waals surface area contributed by atoms with E-state index in [0.717, 1.165) is 5.76 Å². The Labute approximate surface area is 115 Å². The van der Waals surface area contributed by atoms with Crippen molar-refractivity contribution in [2.24, 2.45) is 0 Å². The summed E-state index contributed by atoms with van der Waals surface area (Å²) in [6, 6.07) is 3.66. The molecule has 102 valence electrons. The second-order valence-corrected chi connectivity index (χ2v) is 5.50. The second-order valence-electron chi connectivity index (χ2n) is 4.19. The molecule has 0 spiro atoms. The smallest absolute Gasteiger partial charge is 0.235 e. The summed E-state index contributed by atoms with van der Waals surface area (Å²) in [6.45, 7) is 2.28. The standard InChI is InChI=1S/C11H15N5O2S/c1-8(10(17)15(2)3)19-11-12-13-14-16(11)7-9-5-4-6-18-9/h4-6,8H,7H2,1-3H3. The number of amides is 1. The van der Waals surface area contributed by atoms with E-state index in [1.807, 2.05) is 19.1 Å². The van der Waals surface area contributed by atoms with Crippen LogP contribution in [-0.4, -0.2) is 50.4 Å². The minimum Gasteiger partial charge on any atom is -0.467 e. The van der Waals surface area contributed by atoms with Crippen molar-refractivity contribution in [3.05, 3.63) is 24.2 Å². The van der Waals surface area contributed by atoms with Gasteiger partial charge in [0.05, 0.1) is 11.5 Å². The molecular weight excluding hydrogens is 266 g/mol. The highest BCUT2D eigenvalue weighted by Crippen LogP contribution is 2.21. The van der Waals surface area contributed by atoms with Crippen molar-refractivity contribution >= 4 is 17.7 Å². The number of aromatic nitrogens is 4. The molecule has 1 atom stereocenters. The number of tetrazole rings is 1. The minimum absolute atomic E-state index is 0.0255. The Morgan fingerprint density at radius 2 is 2.37 bits per heavy atom. The molecule has 0 saturated carbocycles. The Kier molecular flexibility index (Phi) is 4.20. The van der Waals surface area contributed by atoms with Gasteiger partial charge in [0.25, 0.3) is 0 Å². The zero-order valence-corrected chi connectivity index (χ0v) is 11.8. The van der Waals surface area contributed by atoms with Gasteiger partial charge in [-0.2, -0.15) is 0 Å². The van der Waals surface area contributed by atoms with Crippen LogP contribution in [0.2, 0.25) is 0 Å². The van der Waals surface area contributed by atoms with Crippen LogP contribution in [0, 0.1) is 0 Å².